The first-order chi connectivity index (χ1) is 15.7. The molecule has 3 aromatic heterocycles. The molecule has 32 heavy (non-hydrogen) atoms. The van der Waals surface area contributed by atoms with Gasteiger partial charge in [0.1, 0.15) is 0 Å². The molecule has 0 aliphatic heterocycles. The first-order valence-electron chi connectivity index (χ1n) is 10.3. The fourth-order valence-corrected chi connectivity index (χ4v) is 4.69. The zero-order chi connectivity index (χ0) is 21.9. The fraction of sp³-hybridized carbons (Fsp3) is 0.273. The van der Waals surface area contributed by atoms with Crippen molar-refractivity contribution in [2.24, 2.45) is 0 Å². The Labute approximate surface area is 192 Å². The van der Waals surface area contributed by atoms with Crippen LogP contribution in [0.15, 0.2) is 58.1 Å². The van der Waals surface area contributed by atoms with E-state index in [2.05, 4.69) is 25.3 Å². The highest BCUT2D eigenvalue weighted by Crippen LogP contribution is 2.38. The molecular weight excluding hydrogens is 444 g/mol. The number of carbonyl (C=O) groups excluding carboxylic acids is 1. The summed E-state index contributed by atoms with van der Waals surface area (Å²) in [6, 6.07) is 9.97. The van der Waals surface area contributed by atoms with Gasteiger partial charge in [-0.15, -0.1) is 11.3 Å². The van der Waals surface area contributed by atoms with Gasteiger partial charge in [-0.05, 0) is 24.8 Å². The van der Waals surface area contributed by atoms with Crippen LogP contribution in [0.25, 0.3) is 11.2 Å². The number of aromatic nitrogens is 5. The Kier molecular flexibility index (Phi) is 5.95. The SMILES string of the molecule is O=C(CSc1nc2ncc(C3CC3)nc2c(=O)n1CCc1ccccc1)Nc1nccs1. The number of thiazole rings is 1. The maximum atomic E-state index is 13.4. The third-order valence-corrected chi connectivity index (χ3v) is 6.79. The van der Waals surface area contributed by atoms with Crippen LogP contribution in [0.2, 0.25) is 0 Å². The summed E-state index contributed by atoms with van der Waals surface area (Å²) in [6.07, 6.45) is 6.18. The van der Waals surface area contributed by atoms with E-state index in [9.17, 15) is 9.59 Å². The summed E-state index contributed by atoms with van der Waals surface area (Å²) in [4.78, 5) is 43.4. The molecule has 0 bridgehead atoms. The van der Waals surface area contributed by atoms with Crippen LogP contribution in [0.4, 0.5) is 5.13 Å². The molecule has 1 N–H and O–H groups in total. The Morgan fingerprint density at radius 1 is 1.19 bits per heavy atom. The lowest BCUT2D eigenvalue weighted by molar-refractivity contribution is -0.113. The number of carbonyl (C=O) groups is 1. The van der Waals surface area contributed by atoms with Crippen molar-refractivity contribution in [3.8, 4) is 0 Å². The van der Waals surface area contributed by atoms with Crippen LogP contribution in [0.5, 0.6) is 0 Å². The maximum absolute atomic E-state index is 13.4. The molecule has 1 aromatic carbocycles. The molecule has 1 aliphatic rings. The molecule has 1 fully saturated rings. The van der Waals surface area contributed by atoms with Crippen molar-refractivity contribution in [1.29, 1.82) is 0 Å². The second-order valence-electron chi connectivity index (χ2n) is 7.50. The third kappa shape index (κ3) is 4.71. The summed E-state index contributed by atoms with van der Waals surface area (Å²) < 4.78 is 1.61. The lowest BCUT2D eigenvalue weighted by Gasteiger charge is -2.13. The number of anilines is 1. The Morgan fingerprint density at radius 3 is 2.78 bits per heavy atom. The number of hydrogen-bond acceptors (Lipinski definition) is 8. The lowest BCUT2D eigenvalue weighted by atomic mass is 10.1. The van der Waals surface area contributed by atoms with Crippen LogP contribution in [0, 0.1) is 0 Å². The number of aryl methyl sites for hydroxylation is 1. The summed E-state index contributed by atoms with van der Waals surface area (Å²) in [5, 5.41) is 5.55. The van der Waals surface area contributed by atoms with E-state index in [0.717, 1.165) is 24.1 Å². The zero-order valence-electron chi connectivity index (χ0n) is 17.1. The van der Waals surface area contributed by atoms with Gasteiger partial charge in [0.15, 0.2) is 21.5 Å². The van der Waals surface area contributed by atoms with E-state index < -0.39 is 0 Å². The molecule has 1 amide bonds. The second-order valence-corrected chi connectivity index (χ2v) is 9.34. The van der Waals surface area contributed by atoms with Crippen LogP contribution >= 0.6 is 23.1 Å². The quantitative estimate of drug-likeness (QED) is 0.314. The maximum Gasteiger partial charge on any atom is 0.282 e. The molecule has 10 heteroatoms. The molecule has 1 aliphatic carbocycles. The van der Waals surface area contributed by atoms with Gasteiger partial charge < -0.3 is 5.32 Å². The Morgan fingerprint density at radius 2 is 2.03 bits per heavy atom. The van der Waals surface area contributed by atoms with Crippen LogP contribution < -0.4 is 10.9 Å². The van der Waals surface area contributed by atoms with Gasteiger partial charge >= 0.3 is 0 Å². The smallest absolute Gasteiger partial charge is 0.282 e. The number of amides is 1. The normalized spacial score (nSPS) is 13.4. The van der Waals surface area contributed by atoms with Crippen molar-refractivity contribution in [3.63, 3.8) is 0 Å². The number of rotatable bonds is 8. The lowest BCUT2D eigenvalue weighted by Crippen LogP contribution is -2.26. The van der Waals surface area contributed by atoms with Gasteiger partial charge in [0.05, 0.1) is 17.6 Å². The Hall–Kier alpha value is -3.11. The topological polar surface area (TPSA) is 103 Å². The van der Waals surface area contributed by atoms with E-state index in [4.69, 9.17) is 0 Å². The summed E-state index contributed by atoms with van der Waals surface area (Å²) in [7, 11) is 0. The Bertz CT molecular complexity index is 1300. The van der Waals surface area contributed by atoms with Crippen molar-refractivity contribution < 1.29 is 4.79 Å². The number of thioether (sulfide) groups is 1. The predicted octanol–water partition coefficient (Wildman–Crippen LogP) is 3.49. The van der Waals surface area contributed by atoms with Crippen molar-refractivity contribution in [3.05, 3.63) is 69.7 Å². The molecular formula is C22H20N6O2S2. The average molecular weight is 465 g/mol. The van der Waals surface area contributed by atoms with Crippen molar-refractivity contribution in [1.82, 2.24) is 24.5 Å². The van der Waals surface area contributed by atoms with Gasteiger partial charge in [-0.3, -0.25) is 14.2 Å². The van der Waals surface area contributed by atoms with Gasteiger partial charge in [-0.2, -0.15) is 0 Å². The van der Waals surface area contributed by atoms with Crippen LogP contribution in [-0.4, -0.2) is 36.2 Å². The first-order valence-corrected chi connectivity index (χ1v) is 12.2. The van der Waals surface area contributed by atoms with Gasteiger partial charge in [-0.25, -0.2) is 19.9 Å². The summed E-state index contributed by atoms with van der Waals surface area (Å²) >= 11 is 2.57. The number of nitrogens with zero attached hydrogens (tertiary/aromatic N) is 5. The standard InChI is InChI=1S/C22H20N6O2S2/c29-17(26-21-23-9-11-31-21)13-32-22-27-19-18(25-16(12-24-19)15-6-7-15)20(30)28(22)10-8-14-4-2-1-3-5-14/h1-5,9,11-12,15H,6-8,10,13H2,(H,23,26,29). The molecule has 3 heterocycles. The minimum absolute atomic E-state index is 0.108. The molecule has 8 nitrogen and oxygen atoms in total. The third-order valence-electron chi connectivity index (χ3n) is 5.13. The van der Waals surface area contributed by atoms with E-state index in [1.165, 1.54) is 23.1 Å². The molecule has 162 valence electrons. The summed E-state index contributed by atoms with van der Waals surface area (Å²) in [6.45, 7) is 0.442. The highest BCUT2D eigenvalue weighted by molar-refractivity contribution is 7.99. The molecule has 5 rings (SSSR count). The van der Waals surface area contributed by atoms with E-state index in [-0.39, 0.29) is 17.2 Å². The van der Waals surface area contributed by atoms with Crippen molar-refractivity contribution in [2.75, 3.05) is 11.1 Å². The first kappa shape index (κ1) is 20.8. The molecule has 0 atom stereocenters. The van der Waals surface area contributed by atoms with Gasteiger partial charge in [0.25, 0.3) is 5.56 Å². The number of nitrogens with one attached hydrogen (secondary N) is 1. The average Bonchev–Trinajstić information content (AvgIpc) is 3.54. The zero-order valence-corrected chi connectivity index (χ0v) is 18.7. The number of benzene rings is 1. The largest absolute Gasteiger partial charge is 0.301 e. The monoisotopic (exact) mass is 464 g/mol. The highest BCUT2D eigenvalue weighted by Gasteiger charge is 2.26. The summed E-state index contributed by atoms with van der Waals surface area (Å²) in [5.74, 6) is 0.299. The van der Waals surface area contributed by atoms with Crippen LogP contribution in [0.1, 0.15) is 30.0 Å². The molecule has 0 saturated heterocycles. The fourth-order valence-electron chi connectivity index (χ4n) is 3.33. The van der Waals surface area contributed by atoms with E-state index in [1.807, 2.05) is 30.3 Å². The Balaban J connectivity index is 1.43. The molecule has 1 saturated carbocycles. The molecule has 4 aromatic rings. The highest BCUT2D eigenvalue weighted by atomic mass is 32.2. The van der Waals surface area contributed by atoms with E-state index in [0.29, 0.717) is 40.3 Å². The molecule has 0 radical (unpaired) electrons. The molecule has 0 spiro atoms. The van der Waals surface area contributed by atoms with Gasteiger partial charge in [-0.1, -0.05) is 42.1 Å². The van der Waals surface area contributed by atoms with Gasteiger partial charge in [0, 0.05) is 24.0 Å². The number of hydrogen-bond donors (Lipinski definition) is 1. The predicted molar refractivity (Wildman–Crippen MR) is 125 cm³/mol. The van der Waals surface area contributed by atoms with Crippen molar-refractivity contribution in [2.45, 2.75) is 36.9 Å². The second kappa shape index (κ2) is 9.17. The minimum Gasteiger partial charge on any atom is -0.301 e. The van der Waals surface area contributed by atoms with E-state index >= 15 is 0 Å². The van der Waals surface area contributed by atoms with Crippen LogP contribution in [-0.2, 0) is 17.8 Å². The number of fused-ring (bicyclic) bond motifs is 1. The van der Waals surface area contributed by atoms with Crippen molar-refractivity contribution >= 4 is 45.3 Å². The van der Waals surface area contributed by atoms with E-state index in [1.54, 1.807) is 22.3 Å². The van der Waals surface area contributed by atoms with Gasteiger partial charge in [0.2, 0.25) is 5.91 Å². The molecule has 0 unspecified atom stereocenters. The minimum atomic E-state index is -0.219. The van der Waals surface area contributed by atoms with Crippen LogP contribution in [0.3, 0.4) is 0 Å². The summed E-state index contributed by atoms with van der Waals surface area (Å²) in [5.41, 5.74) is 2.37.